The van der Waals surface area contributed by atoms with Crippen molar-refractivity contribution in [1.29, 1.82) is 0 Å². The Bertz CT molecular complexity index is 475. The summed E-state index contributed by atoms with van der Waals surface area (Å²) in [7, 11) is 1.70. The van der Waals surface area contributed by atoms with Gasteiger partial charge in [-0.05, 0) is 45.4 Å². The lowest BCUT2D eigenvalue weighted by molar-refractivity contribution is -0.151. The summed E-state index contributed by atoms with van der Waals surface area (Å²) in [4.78, 5) is 26.8. The molecule has 1 N–H and O–H groups in total. The highest BCUT2D eigenvalue weighted by Crippen LogP contribution is 2.42. The second kappa shape index (κ2) is 6.08. The maximum absolute atomic E-state index is 13.0. The summed E-state index contributed by atoms with van der Waals surface area (Å²) in [6, 6.07) is 0.270. The lowest BCUT2D eigenvalue weighted by atomic mass is 9.67. The highest BCUT2D eigenvalue weighted by molar-refractivity contribution is 5.89. The second-order valence-electron chi connectivity index (χ2n) is 8.22. The molecule has 2 saturated heterocycles. The second-order valence-corrected chi connectivity index (χ2v) is 8.22. The Morgan fingerprint density at radius 2 is 1.87 bits per heavy atom. The third kappa shape index (κ3) is 2.77. The van der Waals surface area contributed by atoms with Gasteiger partial charge in [-0.2, -0.15) is 0 Å². The molecule has 0 spiro atoms. The standard InChI is InChI=1S/C18H30N2O3/c1-17(2)14(19-15(17)21)13-6-10-20(11-7-13)16(22)18(12-23-3)8-4-5-9-18/h13-14H,4-12H2,1-3H3,(H,19,21)/t14-/m1/s1. The van der Waals surface area contributed by atoms with Crippen LogP contribution in [0.15, 0.2) is 0 Å². The van der Waals surface area contributed by atoms with Gasteiger partial charge in [-0.25, -0.2) is 0 Å². The van der Waals surface area contributed by atoms with Gasteiger partial charge in [-0.1, -0.05) is 12.8 Å². The molecule has 23 heavy (non-hydrogen) atoms. The van der Waals surface area contributed by atoms with E-state index in [0.717, 1.165) is 51.6 Å². The fraction of sp³-hybridized carbons (Fsp3) is 0.889. The molecule has 2 heterocycles. The van der Waals surface area contributed by atoms with Gasteiger partial charge in [0.25, 0.3) is 0 Å². The molecular weight excluding hydrogens is 292 g/mol. The number of methoxy groups -OCH3 is 1. The van der Waals surface area contributed by atoms with E-state index in [4.69, 9.17) is 4.74 Å². The molecule has 3 fully saturated rings. The number of β-lactam (4-membered cyclic amide) rings is 1. The topological polar surface area (TPSA) is 58.6 Å². The van der Waals surface area contributed by atoms with Crippen molar-refractivity contribution in [2.45, 2.75) is 58.4 Å². The van der Waals surface area contributed by atoms with Gasteiger partial charge in [0.05, 0.1) is 17.4 Å². The number of hydrogen-bond acceptors (Lipinski definition) is 3. The Balaban J connectivity index is 1.58. The molecule has 1 aliphatic carbocycles. The van der Waals surface area contributed by atoms with Crippen molar-refractivity contribution >= 4 is 11.8 Å². The van der Waals surface area contributed by atoms with Crippen LogP contribution in [-0.4, -0.2) is 49.6 Å². The van der Waals surface area contributed by atoms with E-state index in [1.807, 2.05) is 18.7 Å². The average molecular weight is 322 g/mol. The molecule has 1 atom stereocenters. The number of nitrogens with one attached hydrogen (secondary N) is 1. The van der Waals surface area contributed by atoms with E-state index in [2.05, 4.69) is 5.32 Å². The lowest BCUT2D eigenvalue weighted by Crippen LogP contribution is -2.68. The van der Waals surface area contributed by atoms with Crippen molar-refractivity contribution in [3.05, 3.63) is 0 Å². The van der Waals surface area contributed by atoms with Gasteiger partial charge in [0.1, 0.15) is 0 Å². The van der Waals surface area contributed by atoms with E-state index in [0.29, 0.717) is 18.4 Å². The molecule has 5 nitrogen and oxygen atoms in total. The van der Waals surface area contributed by atoms with Gasteiger partial charge in [-0.15, -0.1) is 0 Å². The number of carbonyl (C=O) groups is 2. The quantitative estimate of drug-likeness (QED) is 0.805. The first-order chi connectivity index (χ1) is 10.9. The van der Waals surface area contributed by atoms with Gasteiger partial charge in [0.2, 0.25) is 11.8 Å². The molecule has 1 saturated carbocycles. The van der Waals surface area contributed by atoms with Gasteiger partial charge >= 0.3 is 0 Å². The third-order valence-electron chi connectivity index (χ3n) is 6.38. The van der Waals surface area contributed by atoms with Gasteiger partial charge < -0.3 is 15.0 Å². The van der Waals surface area contributed by atoms with Crippen LogP contribution in [-0.2, 0) is 14.3 Å². The number of ether oxygens (including phenoxy) is 1. The summed E-state index contributed by atoms with van der Waals surface area (Å²) >= 11 is 0. The number of rotatable bonds is 4. The zero-order chi connectivity index (χ0) is 16.7. The molecule has 130 valence electrons. The minimum atomic E-state index is -0.272. The van der Waals surface area contributed by atoms with Crippen molar-refractivity contribution in [2.75, 3.05) is 26.8 Å². The van der Waals surface area contributed by atoms with Gasteiger partial charge in [-0.3, -0.25) is 9.59 Å². The van der Waals surface area contributed by atoms with Crippen LogP contribution in [0.4, 0.5) is 0 Å². The molecule has 2 aliphatic heterocycles. The predicted molar refractivity (Wildman–Crippen MR) is 87.8 cm³/mol. The molecule has 5 heteroatoms. The number of amides is 2. The molecule has 3 aliphatic rings. The first-order valence-corrected chi connectivity index (χ1v) is 9.00. The Kier molecular flexibility index (Phi) is 4.43. The SMILES string of the molecule is COCC1(C(=O)N2CCC([C@H]3NC(=O)C3(C)C)CC2)CCCC1. The Morgan fingerprint density at radius 3 is 2.35 bits per heavy atom. The third-order valence-corrected chi connectivity index (χ3v) is 6.38. The smallest absolute Gasteiger partial charge is 0.231 e. The van der Waals surface area contributed by atoms with Crippen LogP contribution in [0.1, 0.15) is 52.4 Å². The number of carbonyl (C=O) groups excluding carboxylic acids is 2. The van der Waals surface area contributed by atoms with Crippen LogP contribution < -0.4 is 5.32 Å². The van der Waals surface area contributed by atoms with E-state index >= 15 is 0 Å². The summed E-state index contributed by atoms with van der Waals surface area (Å²) < 4.78 is 5.37. The van der Waals surface area contributed by atoms with Crippen molar-refractivity contribution in [3.63, 3.8) is 0 Å². The Labute approximate surface area is 139 Å². The fourth-order valence-electron chi connectivity index (χ4n) is 4.80. The first-order valence-electron chi connectivity index (χ1n) is 9.00. The van der Waals surface area contributed by atoms with Crippen molar-refractivity contribution < 1.29 is 14.3 Å². The van der Waals surface area contributed by atoms with Crippen LogP contribution >= 0.6 is 0 Å². The van der Waals surface area contributed by atoms with Crippen molar-refractivity contribution in [2.24, 2.45) is 16.7 Å². The molecule has 0 aromatic rings. The minimum absolute atomic E-state index is 0.158. The highest BCUT2D eigenvalue weighted by atomic mass is 16.5. The summed E-state index contributed by atoms with van der Waals surface area (Å²) in [6.07, 6.45) is 6.17. The maximum Gasteiger partial charge on any atom is 0.231 e. The normalized spacial score (nSPS) is 30.0. The van der Waals surface area contributed by atoms with Crippen LogP contribution in [0.25, 0.3) is 0 Å². The average Bonchev–Trinajstić information content (AvgIpc) is 3.02. The van der Waals surface area contributed by atoms with Crippen molar-refractivity contribution in [3.8, 4) is 0 Å². The van der Waals surface area contributed by atoms with Crippen LogP contribution in [0.3, 0.4) is 0 Å². The van der Waals surface area contributed by atoms with Crippen LogP contribution in [0, 0.1) is 16.7 Å². The van der Waals surface area contributed by atoms with E-state index in [1.165, 1.54) is 0 Å². The number of likely N-dealkylation sites (tertiary alicyclic amines) is 1. The summed E-state index contributed by atoms with van der Waals surface area (Å²) in [5.74, 6) is 0.951. The molecule has 0 aromatic heterocycles. The van der Waals surface area contributed by atoms with E-state index in [1.54, 1.807) is 7.11 Å². The lowest BCUT2D eigenvalue weighted by Gasteiger charge is -2.50. The number of piperidine rings is 1. The molecule has 0 bridgehead atoms. The summed E-state index contributed by atoms with van der Waals surface area (Å²) in [5, 5.41) is 3.07. The fourth-order valence-corrected chi connectivity index (χ4v) is 4.80. The molecule has 2 amide bonds. The molecule has 0 aromatic carbocycles. The zero-order valence-corrected chi connectivity index (χ0v) is 14.7. The van der Waals surface area contributed by atoms with E-state index in [9.17, 15) is 9.59 Å². The van der Waals surface area contributed by atoms with Crippen LogP contribution in [0.2, 0.25) is 0 Å². The predicted octanol–water partition coefficient (Wildman–Crippen LogP) is 1.96. The summed E-state index contributed by atoms with van der Waals surface area (Å²) in [6.45, 7) is 6.24. The molecule has 0 unspecified atom stereocenters. The first kappa shape index (κ1) is 16.7. The van der Waals surface area contributed by atoms with Gasteiger partial charge in [0, 0.05) is 26.2 Å². The molecule has 0 radical (unpaired) electrons. The van der Waals surface area contributed by atoms with E-state index in [-0.39, 0.29) is 22.8 Å². The molecular formula is C18H30N2O3. The number of hydrogen-bond donors (Lipinski definition) is 1. The largest absolute Gasteiger partial charge is 0.384 e. The Hall–Kier alpha value is -1.10. The zero-order valence-electron chi connectivity index (χ0n) is 14.7. The molecule has 3 rings (SSSR count). The maximum atomic E-state index is 13.0. The minimum Gasteiger partial charge on any atom is -0.384 e. The van der Waals surface area contributed by atoms with Gasteiger partial charge in [0.15, 0.2) is 0 Å². The monoisotopic (exact) mass is 322 g/mol. The van der Waals surface area contributed by atoms with E-state index < -0.39 is 0 Å². The van der Waals surface area contributed by atoms with Crippen molar-refractivity contribution in [1.82, 2.24) is 10.2 Å². The Morgan fingerprint density at radius 1 is 1.26 bits per heavy atom. The highest BCUT2D eigenvalue weighted by Gasteiger charge is 2.52. The van der Waals surface area contributed by atoms with Crippen LogP contribution in [0.5, 0.6) is 0 Å². The summed E-state index contributed by atoms with van der Waals surface area (Å²) in [5.41, 5.74) is -0.523. The number of nitrogens with zero attached hydrogens (tertiary/aromatic N) is 1.